The number of carbonyl (C=O) groups is 2. The van der Waals surface area contributed by atoms with Crippen LogP contribution in [0.25, 0.3) is 10.8 Å². The molecule has 86 valence electrons. The van der Waals surface area contributed by atoms with Gasteiger partial charge in [-0.05, 0) is 10.8 Å². The van der Waals surface area contributed by atoms with Gasteiger partial charge in [-0.1, -0.05) is 36.4 Å². The summed E-state index contributed by atoms with van der Waals surface area (Å²) in [6.45, 7) is 0. The SMILES string of the molecule is O=C([O-])c1cccc2c(C(=O)[O-])cccc12.[Fe+2]. The molecule has 0 N–H and O–H groups in total. The molecule has 0 amide bonds. The van der Waals surface area contributed by atoms with Gasteiger partial charge in [0.05, 0.1) is 11.9 Å². The van der Waals surface area contributed by atoms with Crippen LogP contribution in [0.1, 0.15) is 20.7 Å². The van der Waals surface area contributed by atoms with Crippen molar-refractivity contribution in [1.29, 1.82) is 0 Å². The molecule has 0 heterocycles. The summed E-state index contributed by atoms with van der Waals surface area (Å²) >= 11 is 0. The molecular formula is C12H6FeO4. The maximum Gasteiger partial charge on any atom is 2.00 e. The van der Waals surface area contributed by atoms with Crippen LogP contribution in [-0.2, 0) is 17.1 Å². The zero-order valence-electron chi connectivity index (χ0n) is 8.45. The van der Waals surface area contributed by atoms with Crippen LogP contribution in [0.4, 0.5) is 0 Å². The average molecular weight is 270 g/mol. The van der Waals surface area contributed by atoms with E-state index in [4.69, 9.17) is 0 Å². The molecule has 0 atom stereocenters. The van der Waals surface area contributed by atoms with Crippen molar-refractivity contribution in [2.45, 2.75) is 0 Å². The summed E-state index contributed by atoms with van der Waals surface area (Å²) in [6, 6.07) is 8.76. The van der Waals surface area contributed by atoms with Gasteiger partial charge in [0, 0.05) is 11.1 Å². The van der Waals surface area contributed by atoms with Crippen LogP contribution in [0, 0.1) is 0 Å². The summed E-state index contributed by atoms with van der Waals surface area (Å²) in [5.41, 5.74) is -0.0544. The molecule has 0 fully saturated rings. The molecule has 0 aromatic heterocycles. The summed E-state index contributed by atoms with van der Waals surface area (Å²) in [6.07, 6.45) is 0. The third kappa shape index (κ3) is 2.30. The van der Waals surface area contributed by atoms with Gasteiger partial charge in [0.25, 0.3) is 0 Å². The number of carbonyl (C=O) groups excluding carboxylic acids is 2. The zero-order valence-corrected chi connectivity index (χ0v) is 9.55. The Labute approximate surface area is 107 Å². The van der Waals surface area contributed by atoms with Crippen molar-refractivity contribution in [3.05, 3.63) is 47.5 Å². The van der Waals surface area contributed by atoms with Crippen molar-refractivity contribution in [2.24, 2.45) is 0 Å². The molecule has 0 spiro atoms. The molecule has 0 radical (unpaired) electrons. The van der Waals surface area contributed by atoms with Gasteiger partial charge in [-0.15, -0.1) is 0 Å². The third-order valence-corrected chi connectivity index (χ3v) is 2.36. The standard InChI is InChI=1S/C12H8O4.Fe/c13-11(14)9-5-1-3-7-8(9)4-2-6-10(7)12(15)16;/h1-6H,(H,13,14)(H,15,16);/q;+2/p-2. The number of hydrogen-bond donors (Lipinski definition) is 0. The fourth-order valence-electron chi connectivity index (χ4n) is 1.67. The number of rotatable bonds is 2. The third-order valence-electron chi connectivity index (χ3n) is 2.36. The first-order valence-corrected chi connectivity index (χ1v) is 4.55. The van der Waals surface area contributed by atoms with Crippen molar-refractivity contribution >= 4 is 22.7 Å². The maximum atomic E-state index is 10.8. The average Bonchev–Trinajstić information content (AvgIpc) is 2.27. The molecule has 2 aromatic carbocycles. The molecule has 2 aromatic rings. The van der Waals surface area contributed by atoms with Crippen LogP contribution < -0.4 is 10.2 Å². The Hall–Kier alpha value is -1.84. The van der Waals surface area contributed by atoms with Gasteiger partial charge in [0.15, 0.2) is 0 Å². The first-order chi connectivity index (χ1) is 7.61. The Balaban J connectivity index is 0.00000144. The molecule has 17 heavy (non-hydrogen) atoms. The minimum atomic E-state index is -1.33. The molecule has 0 unspecified atom stereocenters. The predicted molar refractivity (Wildman–Crippen MR) is 52.6 cm³/mol. The van der Waals surface area contributed by atoms with Crippen LogP contribution in [0.15, 0.2) is 36.4 Å². The van der Waals surface area contributed by atoms with E-state index in [1.807, 2.05) is 0 Å². The Morgan fingerprint density at radius 3 is 1.41 bits per heavy atom. The molecule has 0 aliphatic heterocycles. The quantitative estimate of drug-likeness (QED) is 0.693. The summed E-state index contributed by atoms with van der Waals surface area (Å²) in [4.78, 5) is 21.6. The van der Waals surface area contributed by atoms with Gasteiger partial charge in [0.2, 0.25) is 0 Å². The number of hydrogen-bond acceptors (Lipinski definition) is 4. The first kappa shape index (κ1) is 13.2. The van der Waals surface area contributed by atoms with E-state index in [0.717, 1.165) is 0 Å². The molecular weight excluding hydrogens is 264 g/mol. The van der Waals surface area contributed by atoms with E-state index in [1.54, 1.807) is 0 Å². The second-order valence-electron chi connectivity index (χ2n) is 3.28. The molecule has 2 rings (SSSR count). The zero-order chi connectivity index (χ0) is 11.7. The molecule has 4 nitrogen and oxygen atoms in total. The van der Waals surface area contributed by atoms with E-state index in [-0.39, 0.29) is 28.2 Å². The van der Waals surface area contributed by atoms with Crippen molar-refractivity contribution in [2.75, 3.05) is 0 Å². The van der Waals surface area contributed by atoms with Crippen LogP contribution in [0.2, 0.25) is 0 Å². The van der Waals surface area contributed by atoms with Gasteiger partial charge >= 0.3 is 17.1 Å². The normalized spacial score (nSPS) is 9.65. The van der Waals surface area contributed by atoms with Crippen molar-refractivity contribution < 1.29 is 36.9 Å². The minimum absolute atomic E-state index is 0. The Bertz CT molecular complexity index is 539. The van der Waals surface area contributed by atoms with Crippen LogP contribution in [0.5, 0.6) is 0 Å². The van der Waals surface area contributed by atoms with Crippen LogP contribution in [-0.4, -0.2) is 11.9 Å². The Morgan fingerprint density at radius 1 is 0.765 bits per heavy atom. The van der Waals surface area contributed by atoms with E-state index in [0.29, 0.717) is 10.8 Å². The number of fused-ring (bicyclic) bond motifs is 1. The number of benzene rings is 2. The smallest absolute Gasteiger partial charge is 0.545 e. The second kappa shape index (κ2) is 4.99. The number of carboxylic acid groups (broad SMARTS) is 2. The van der Waals surface area contributed by atoms with Crippen LogP contribution >= 0.6 is 0 Å². The fourth-order valence-corrected chi connectivity index (χ4v) is 1.67. The largest absolute Gasteiger partial charge is 2.00 e. The van der Waals surface area contributed by atoms with E-state index >= 15 is 0 Å². The van der Waals surface area contributed by atoms with E-state index < -0.39 is 11.9 Å². The maximum absolute atomic E-state index is 10.8. The van der Waals surface area contributed by atoms with Crippen molar-refractivity contribution in [1.82, 2.24) is 0 Å². The van der Waals surface area contributed by atoms with Gasteiger partial charge in [0.1, 0.15) is 0 Å². The minimum Gasteiger partial charge on any atom is -0.545 e. The molecule has 0 aliphatic rings. The van der Waals surface area contributed by atoms with Gasteiger partial charge in [-0.2, -0.15) is 0 Å². The summed E-state index contributed by atoms with van der Waals surface area (Å²) in [5, 5.41) is 22.3. The molecule has 0 bridgehead atoms. The summed E-state index contributed by atoms with van der Waals surface area (Å²) < 4.78 is 0. The Morgan fingerprint density at radius 2 is 1.12 bits per heavy atom. The van der Waals surface area contributed by atoms with Gasteiger partial charge < -0.3 is 19.8 Å². The molecule has 0 saturated heterocycles. The first-order valence-electron chi connectivity index (χ1n) is 4.55. The van der Waals surface area contributed by atoms with E-state index in [9.17, 15) is 19.8 Å². The van der Waals surface area contributed by atoms with Gasteiger partial charge in [-0.25, -0.2) is 0 Å². The second-order valence-corrected chi connectivity index (χ2v) is 3.28. The topological polar surface area (TPSA) is 80.3 Å². The van der Waals surface area contributed by atoms with E-state index in [2.05, 4.69) is 0 Å². The summed E-state index contributed by atoms with van der Waals surface area (Å²) in [7, 11) is 0. The Kier molecular flexibility index (Phi) is 3.88. The fraction of sp³-hybridized carbons (Fsp3) is 0. The van der Waals surface area contributed by atoms with E-state index in [1.165, 1.54) is 36.4 Å². The van der Waals surface area contributed by atoms with Crippen molar-refractivity contribution in [3.8, 4) is 0 Å². The molecule has 5 heteroatoms. The summed E-state index contributed by atoms with van der Waals surface area (Å²) in [5.74, 6) is -2.66. The van der Waals surface area contributed by atoms with Crippen molar-refractivity contribution in [3.63, 3.8) is 0 Å². The monoisotopic (exact) mass is 270 g/mol. The number of aromatic carboxylic acids is 2. The van der Waals surface area contributed by atoms with Crippen LogP contribution in [0.3, 0.4) is 0 Å². The number of carboxylic acids is 2. The molecule has 0 aliphatic carbocycles. The predicted octanol–water partition coefficient (Wildman–Crippen LogP) is -0.436. The molecule has 0 saturated carbocycles. The van der Waals surface area contributed by atoms with Gasteiger partial charge in [-0.3, -0.25) is 0 Å².